The summed E-state index contributed by atoms with van der Waals surface area (Å²) in [6.07, 6.45) is 2.25. The van der Waals surface area contributed by atoms with Gasteiger partial charge in [0.15, 0.2) is 5.69 Å². The molecule has 0 saturated carbocycles. The van der Waals surface area contributed by atoms with E-state index in [1.807, 2.05) is 24.6 Å². The molecule has 2 aromatic rings. The lowest BCUT2D eigenvalue weighted by atomic mass is 10.3. The molecule has 0 radical (unpaired) electrons. The highest BCUT2D eigenvalue weighted by Gasteiger charge is 2.17. The van der Waals surface area contributed by atoms with Crippen LogP contribution in [0.2, 0.25) is 0 Å². The Hall–Kier alpha value is -2.64. The number of aromatic nitrogens is 4. The van der Waals surface area contributed by atoms with Crippen molar-refractivity contribution in [3.63, 3.8) is 0 Å². The van der Waals surface area contributed by atoms with E-state index in [1.54, 1.807) is 6.92 Å². The van der Waals surface area contributed by atoms with Crippen molar-refractivity contribution >= 4 is 11.9 Å². The van der Waals surface area contributed by atoms with E-state index in [0.29, 0.717) is 6.54 Å². The fourth-order valence-corrected chi connectivity index (χ4v) is 2.28. The largest absolute Gasteiger partial charge is 0.476 e. The number of aryl methyl sites for hydroxylation is 3. The molecule has 1 unspecified atom stereocenters. The minimum Gasteiger partial charge on any atom is -0.476 e. The first-order valence-corrected chi connectivity index (χ1v) is 7.45. The lowest BCUT2D eigenvalue weighted by molar-refractivity contribution is -0.124. The molecule has 0 spiro atoms. The Morgan fingerprint density at radius 3 is 2.65 bits per heavy atom. The van der Waals surface area contributed by atoms with Gasteiger partial charge < -0.3 is 10.4 Å². The molecule has 8 heteroatoms. The Bertz CT molecular complexity index is 704. The number of hydrogen-bond donors (Lipinski definition) is 2. The lowest BCUT2D eigenvalue weighted by Crippen LogP contribution is -2.32. The van der Waals surface area contributed by atoms with Crippen LogP contribution in [0.4, 0.5) is 0 Å². The highest BCUT2D eigenvalue weighted by Crippen LogP contribution is 2.06. The Labute approximate surface area is 134 Å². The third-order valence-electron chi connectivity index (χ3n) is 3.55. The number of hydrogen-bond acceptors (Lipinski definition) is 4. The molecule has 0 saturated heterocycles. The third kappa shape index (κ3) is 4.18. The summed E-state index contributed by atoms with van der Waals surface area (Å²) in [5, 5.41) is 19.9. The molecule has 0 aliphatic carbocycles. The SMILES string of the molecule is Cc1cc(C)n(CCCNC(=O)C(C)n2ccc(C(=O)O)n2)n1. The van der Waals surface area contributed by atoms with Gasteiger partial charge in [-0.15, -0.1) is 0 Å². The summed E-state index contributed by atoms with van der Waals surface area (Å²) >= 11 is 0. The second-order valence-electron chi connectivity index (χ2n) is 5.46. The molecular weight excluding hydrogens is 298 g/mol. The van der Waals surface area contributed by atoms with Crippen molar-refractivity contribution in [2.24, 2.45) is 0 Å². The van der Waals surface area contributed by atoms with Crippen LogP contribution in [0.25, 0.3) is 0 Å². The number of carbonyl (C=O) groups excluding carboxylic acids is 1. The van der Waals surface area contributed by atoms with E-state index in [1.165, 1.54) is 16.9 Å². The second-order valence-corrected chi connectivity index (χ2v) is 5.46. The van der Waals surface area contributed by atoms with Crippen molar-refractivity contribution in [2.75, 3.05) is 6.54 Å². The fraction of sp³-hybridized carbons (Fsp3) is 0.467. The van der Waals surface area contributed by atoms with Gasteiger partial charge in [-0.05, 0) is 39.3 Å². The number of aromatic carboxylic acids is 1. The highest BCUT2D eigenvalue weighted by molar-refractivity contribution is 5.85. The molecule has 0 aromatic carbocycles. The predicted octanol–water partition coefficient (Wildman–Crippen LogP) is 1.16. The monoisotopic (exact) mass is 319 g/mol. The van der Waals surface area contributed by atoms with Gasteiger partial charge in [0.05, 0.1) is 5.69 Å². The zero-order chi connectivity index (χ0) is 17.0. The average Bonchev–Trinajstić information content (AvgIpc) is 3.09. The van der Waals surface area contributed by atoms with Crippen LogP contribution in [0.3, 0.4) is 0 Å². The topological polar surface area (TPSA) is 102 Å². The normalized spacial score (nSPS) is 12.1. The molecular formula is C15H21N5O3. The zero-order valence-corrected chi connectivity index (χ0v) is 13.5. The van der Waals surface area contributed by atoms with Crippen molar-refractivity contribution in [3.8, 4) is 0 Å². The maximum atomic E-state index is 12.1. The Balaban J connectivity index is 1.79. The molecule has 2 aromatic heterocycles. The van der Waals surface area contributed by atoms with Gasteiger partial charge in [-0.25, -0.2) is 4.79 Å². The first-order valence-electron chi connectivity index (χ1n) is 7.45. The van der Waals surface area contributed by atoms with Gasteiger partial charge in [0.25, 0.3) is 0 Å². The summed E-state index contributed by atoms with van der Waals surface area (Å²) in [5.74, 6) is -1.31. The van der Waals surface area contributed by atoms with E-state index in [9.17, 15) is 9.59 Å². The fourth-order valence-electron chi connectivity index (χ4n) is 2.28. The number of nitrogens with one attached hydrogen (secondary N) is 1. The van der Waals surface area contributed by atoms with Crippen LogP contribution < -0.4 is 5.32 Å². The van der Waals surface area contributed by atoms with Gasteiger partial charge >= 0.3 is 5.97 Å². The van der Waals surface area contributed by atoms with E-state index < -0.39 is 12.0 Å². The van der Waals surface area contributed by atoms with E-state index >= 15 is 0 Å². The van der Waals surface area contributed by atoms with Gasteiger partial charge in [0.2, 0.25) is 5.91 Å². The number of carbonyl (C=O) groups is 2. The van der Waals surface area contributed by atoms with Crippen molar-refractivity contribution < 1.29 is 14.7 Å². The number of carboxylic acids is 1. The summed E-state index contributed by atoms with van der Waals surface area (Å²) in [7, 11) is 0. The lowest BCUT2D eigenvalue weighted by Gasteiger charge is -2.12. The summed E-state index contributed by atoms with van der Waals surface area (Å²) < 4.78 is 3.26. The van der Waals surface area contributed by atoms with Crippen LogP contribution in [0, 0.1) is 13.8 Å². The summed E-state index contributed by atoms with van der Waals surface area (Å²) in [6.45, 7) is 6.88. The minimum atomic E-state index is -1.11. The zero-order valence-electron chi connectivity index (χ0n) is 13.5. The molecule has 8 nitrogen and oxygen atoms in total. The molecule has 2 rings (SSSR count). The molecule has 0 fully saturated rings. The Morgan fingerprint density at radius 1 is 1.35 bits per heavy atom. The Morgan fingerprint density at radius 2 is 2.09 bits per heavy atom. The van der Waals surface area contributed by atoms with Crippen molar-refractivity contribution in [1.29, 1.82) is 0 Å². The van der Waals surface area contributed by atoms with Gasteiger partial charge in [-0.3, -0.25) is 14.2 Å². The van der Waals surface area contributed by atoms with Gasteiger partial charge in [-0.2, -0.15) is 10.2 Å². The number of amides is 1. The molecule has 23 heavy (non-hydrogen) atoms. The molecule has 0 aliphatic rings. The first kappa shape index (κ1) is 16.7. The van der Waals surface area contributed by atoms with Gasteiger partial charge in [0, 0.05) is 25.0 Å². The third-order valence-corrected chi connectivity index (χ3v) is 3.55. The number of nitrogens with zero attached hydrogens (tertiary/aromatic N) is 4. The van der Waals surface area contributed by atoms with Gasteiger partial charge in [0.1, 0.15) is 6.04 Å². The van der Waals surface area contributed by atoms with Crippen LogP contribution >= 0.6 is 0 Å². The molecule has 1 amide bonds. The first-order chi connectivity index (χ1) is 10.9. The highest BCUT2D eigenvalue weighted by atomic mass is 16.4. The Kier molecular flexibility index (Phi) is 5.15. The van der Waals surface area contributed by atoms with Crippen LogP contribution in [0.15, 0.2) is 18.3 Å². The van der Waals surface area contributed by atoms with E-state index in [4.69, 9.17) is 5.11 Å². The second kappa shape index (κ2) is 7.08. The molecule has 2 heterocycles. The van der Waals surface area contributed by atoms with Crippen LogP contribution in [-0.2, 0) is 11.3 Å². The minimum absolute atomic E-state index is 0.0748. The molecule has 124 valence electrons. The average molecular weight is 319 g/mol. The molecule has 2 N–H and O–H groups in total. The van der Waals surface area contributed by atoms with E-state index in [2.05, 4.69) is 15.5 Å². The smallest absolute Gasteiger partial charge is 0.356 e. The predicted molar refractivity (Wildman–Crippen MR) is 83.2 cm³/mol. The van der Waals surface area contributed by atoms with E-state index in [-0.39, 0.29) is 11.6 Å². The standard InChI is InChI=1S/C15H21N5O3/c1-10-9-11(2)19(17-10)7-4-6-16-14(21)12(3)20-8-5-13(18-20)15(22)23/h5,8-9,12H,4,6-7H2,1-3H3,(H,16,21)(H,22,23). The summed E-state index contributed by atoms with van der Waals surface area (Å²) in [5.41, 5.74) is 2.00. The molecule has 0 aliphatic heterocycles. The maximum Gasteiger partial charge on any atom is 0.356 e. The molecule has 0 bridgehead atoms. The molecule has 1 atom stereocenters. The van der Waals surface area contributed by atoms with Crippen molar-refractivity contribution in [3.05, 3.63) is 35.4 Å². The number of rotatable bonds is 7. The summed E-state index contributed by atoms with van der Waals surface area (Å²) in [4.78, 5) is 22.9. The van der Waals surface area contributed by atoms with Crippen molar-refractivity contribution in [2.45, 2.75) is 39.8 Å². The van der Waals surface area contributed by atoms with Crippen LogP contribution in [0.1, 0.15) is 41.3 Å². The van der Waals surface area contributed by atoms with Gasteiger partial charge in [-0.1, -0.05) is 0 Å². The van der Waals surface area contributed by atoms with Crippen LogP contribution in [-0.4, -0.2) is 43.1 Å². The van der Waals surface area contributed by atoms with Crippen LogP contribution in [0.5, 0.6) is 0 Å². The number of carboxylic acid groups (broad SMARTS) is 1. The maximum absolute atomic E-state index is 12.1. The van der Waals surface area contributed by atoms with Crippen molar-refractivity contribution in [1.82, 2.24) is 24.9 Å². The van der Waals surface area contributed by atoms with E-state index in [0.717, 1.165) is 24.4 Å². The quantitative estimate of drug-likeness (QED) is 0.746. The summed E-state index contributed by atoms with van der Waals surface area (Å²) in [6, 6.07) is 2.82.